The number of hydrogen-bond acceptors (Lipinski definition) is 5. The number of morpholine rings is 1. The number of nitrogens with zero attached hydrogens (tertiary/aromatic N) is 3. The Morgan fingerprint density at radius 2 is 1.93 bits per heavy atom. The predicted molar refractivity (Wildman–Crippen MR) is 111 cm³/mol. The number of carbonyl (C=O) groups is 1. The van der Waals surface area contributed by atoms with Crippen molar-refractivity contribution in [2.24, 2.45) is 7.05 Å². The second-order valence-corrected chi connectivity index (χ2v) is 7.99. The summed E-state index contributed by atoms with van der Waals surface area (Å²) in [4.78, 5) is 31.5. The van der Waals surface area contributed by atoms with Gasteiger partial charge in [-0.15, -0.1) is 0 Å². The Morgan fingerprint density at radius 1 is 1.21 bits per heavy atom. The molecule has 0 atom stereocenters. The maximum absolute atomic E-state index is 12.8. The van der Waals surface area contributed by atoms with Crippen LogP contribution < -0.4 is 5.56 Å². The van der Waals surface area contributed by atoms with Gasteiger partial charge in [0, 0.05) is 50.0 Å². The molecule has 0 unspecified atom stereocenters. The minimum absolute atomic E-state index is 0.00301. The Morgan fingerprint density at radius 3 is 2.64 bits per heavy atom. The third kappa shape index (κ3) is 5.23. The molecule has 0 aliphatic carbocycles. The molecule has 1 aliphatic rings. The van der Waals surface area contributed by atoms with Crippen LogP contribution in [0.15, 0.2) is 40.3 Å². The van der Waals surface area contributed by atoms with Crippen LogP contribution in [0.2, 0.25) is 0 Å². The van der Waals surface area contributed by atoms with E-state index in [9.17, 15) is 9.59 Å². The lowest BCUT2D eigenvalue weighted by Gasteiger charge is -2.26. The van der Waals surface area contributed by atoms with E-state index < -0.39 is 0 Å². The van der Waals surface area contributed by atoms with Crippen molar-refractivity contribution in [1.29, 1.82) is 0 Å². The maximum atomic E-state index is 12.8. The van der Waals surface area contributed by atoms with Gasteiger partial charge in [-0.1, -0.05) is 42.1 Å². The largest absolute Gasteiger partial charge is 0.378 e. The van der Waals surface area contributed by atoms with Crippen molar-refractivity contribution in [2.75, 3.05) is 32.1 Å². The van der Waals surface area contributed by atoms with E-state index in [1.165, 1.54) is 11.8 Å². The molecular weight excluding hydrogens is 374 g/mol. The first-order valence-corrected chi connectivity index (χ1v) is 10.6. The second-order valence-electron chi connectivity index (χ2n) is 6.93. The SMILES string of the molecule is Cc1nc(SCCCC(=O)N2CCOCC2)n(C)c(=O)c1Cc1ccccc1. The number of aryl methyl sites for hydroxylation is 1. The number of aromatic nitrogens is 2. The topological polar surface area (TPSA) is 64.4 Å². The molecule has 2 aromatic rings. The Labute approximate surface area is 169 Å². The Balaban J connectivity index is 1.57. The first-order valence-electron chi connectivity index (χ1n) is 9.65. The number of amides is 1. The van der Waals surface area contributed by atoms with Gasteiger partial charge in [-0.05, 0) is 18.9 Å². The molecule has 2 heterocycles. The molecule has 28 heavy (non-hydrogen) atoms. The number of carbonyl (C=O) groups excluding carboxylic acids is 1. The highest BCUT2D eigenvalue weighted by Gasteiger charge is 2.17. The van der Waals surface area contributed by atoms with E-state index in [0.29, 0.717) is 44.3 Å². The smallest absolute Gasteiger partial charge is 0.257 e. The zero-order valence-corrected chi connectivity index (χ0v) is 17.3. The van der Waals surface area contributed by atoms with Crippen LogP contribution in [0.1, 0.15) is 29.7 Å². The molecule has 0 saturated carbocycles. The lowest BCUT2D eigenvalue weighted by molar-refractivity contribution is -0.135. The number of hydrogen-bond donors (Lipinski definition) is 0. The lowest BCUT2D eigenvalue weighted by atomic mass is 10.1. The van der Waals surface area contributed by atoms with Gasteiger partial charge >= 0.3 is 0 Å². The summed E-state index contributed by atoms with van der Waals surface area (Å²) in [6.07, 6.45) is 1.87. The molecule has 1 aliphatic heterocycles. The highest BCUT2D eigenvalue weighted by molar-refractivity contribution is 7.99. The van der Waals surface area contributed by atoms with Crippen molar-refractivity contribution in [2.45, 2.75) is 31.3 Å². The predicted octanol–water partition coefficient (Wildman–Crippen LogP) is 2.41. The van der Waals surface area contributed by atoms with Crippen molar-refractivity contribution in [1.82, 2.24) is 14.5 Å². The minimum Gasteiger partial charge on any atom is -0.378 e. The van der Waals surface area contributed by atoms with Crippen molar-refractivity contribution < 1.29 is 9.53 Å². The van der Waals surface area contributed by atoms with Crippen molar-refractivity contribution in [3.05, 3.63) is 57.5 Å². The molecule has 7 heteroatoms. The van der Waals surface area contributed by atoms with Gasteiger partial charge in [0.05, 0.1) is 13.2 Å². The van der Waals surface area contributed by atoms with E-state index >= 15 is 0 Å². The van der Waals surface area contributed by atoms with Crippen LogP contribution in [0.25, 0.3) is 0 Å². The summed E-state index contributed by atoms with van der Waals surface area (Å²) in [6, 6.07) is 9.96. The normalized spacial score (nSPS) is 14.3. The quantitative estimate of drug-likeness (QED) is 0.405. The van der Waals surface area contributed by atoms with E-state index in [2.05, 4.69) is 4.98 Å². The van der Waals surface area contributed by atoms with Gasteiger partial charge < -0.3 is 9.64 Å². The van der Waals surface area contributed by atoms with Gasteiger partial charge in [-0.25, -0.2) is 4.98 Å². The molecule has 0 radical (unpaired) electrons. The van der Waals surface area contributed by atoms with Gasteiger partial charge in [-0.2, -0.15) is 0 Å². The highest BCUT2D eigenvalue weighted by atomic mass is 32.2. The van der Waals surface area contributed by atoms with Gasteiger partial charge in [0.15, 0.2) is 5.16 Å². The lowest BCUT2D eigenvalue weighted by Crippen LogP contribution is -2.40. The summed E-state index contributed by atoms with van der Waals surface area (Å²) in [5.74, 6) is 0.938. The number of rotatable bonds is 7. The van der Waals surface area contributed by atoms with Crippen molar-refractivity contribution in [3.8, 4) is 0 Å². The molecule has 6 nitrogen and oxygen atoms in total. The third-order valence-corrected chi connectivity index (χ3v) is 6.02. The number of benzene rings is 1. The summed E-state index contributed by atoms with van der Waals surface area (Å²) in [5, 5.41) is 0.707. The van der Waals surface area contributed by atoms with Crippen LogP contribution >= 0.6 is 11.8 Å². The van der Waals surface area contributed by atoms with Crippen LogP contribution in [0, 0.1) is 6.92 Å². The van der Waals surface area contributed by atoms with Gasteiger partial charge in [0.25, 0.3) is 5.56 Å². The van der Waals surface area contributed by atoms with E-state index in [1.54, 1.807) is 11.6 Å². The molecule has 1 saturated heterocycles. The van der Waals surface area contributed by atoms with E-state index in [4.69, 9.17) is 4.74 Å². The van der Waals surface area contributed by atoms with Crippen LogP contribution in [-0.4, -0.2) is 52.4 Å². The second kappa shape index (κ2) is 9.89. The van der Waals surface area contributed by atoms with Crippen LogP contribution in [-0.2, 0) is 23.0 Å². The number of ether oxygens (including phenoxy) is 1. The maximum Gasteiger partial charge on any atom is 0.257 e. The highest BCUT2D eigenvalue weighted by Crippen LogP contribution is 2.18. The first kappa shape index (κ1) is 20.6. The van der Waals surface area contributed by atoms with Crippen molar-refractivity contribution >= 4 is 17.7 Å². The summed E-state index contributed by atoms with van der Waals surface area (Å²) >= 11 is 1.54. The Hall–Kier alpha value is -2.12. The molecule has 0 spiro atoms. The first-order chi connectivity index (χ1) is 13.6. The average molecular weight is 402 g/mol. The zero-order chi connectivity index (χ0) is 19.9. The number of thioether (sulfide) groups is 1. The van der Waals surface area contributed by atoms with Crippen LogP contribution in [0.5, 0.6) is 0 Å². The summed E-state index contributed by atoms with van der Waals surface area (Å²) in [5.41, 5.74) is 2.62. The molecule has 0 bridgehead atoms. The van der Waals surface area contributed by atoms with Gasteiger partial charge in [0.2, 0.25) is 5.91 Å². The fourth-order valence-corrected chi connectivity index (χ4v) is 4.17. The van der Waals surface area contributed by atoms with E-state index in [0.717, 1.165) is 29.0 Å². The average Bonchev–Trinajstić information content (AvgIpc) is 2.73. The molecular formula is C21H27N3O3S. The molecule has 1 aromatic carbocycles. The monoisotopic (exact) mass is 401 g/mol. The molecule has 1 aromatic heterocycles. The summed E-state index contributed by atoms with van der Waals surface area (Å²) in [7, 11) is 1.77. The molecule has 150 valence electrons. The van der Waals surface area contributed by atoms with Gasteiger partial charge in [-0.3, -0.25) is 14.2 Å². The Bertz CT molecular complexity index is 861. The summed E-state index contributed by atoms with van der Waals surface area (Å²) in [6.45, 7) is 4.52. The fraction of sp³-hybridized carbons (Fsp3) is 0.476. The van der Waals surface area contributed by atoms with Crippen LogP contribution in [0.4, 0.5) is 0 Å². The van der Waals surface area contributed by atoms with Crippen molar-refractivity contribution in [3.63, 3.8) is 0 Å². The molecule has 0 N–H and O–H groups in total. The Kier molecular flexibility index (Phi) is 7.28. The molecule has 3 rings (SSSR count). The van der Waals surface area contributed by atoms with Crippen LogP contribution in [0.3, 0.4) is 0 Å². The van der Waals surface area contributed by atoms with E-state index in [1.807, 2.05) is 42.2 Å². The molecule has 1 fully saturated rings. The van der Waals surface area contributed by atoms with E-state index in [-0.39, 0.29) is 11.5 Å². The molecule has 1 amide bonds. The van der Waals surface area contributed by atoms with Gasteiger partial charge in [0.1, 0.15) is 0 Å². The standard InChI is InChI=1S/C21H27N3O3S/c1-16-18(15-17-7-4-3-5-8-17)20(26)23(2)21(22-16)28-14-6-9-19(25)24-10-12-27-13-11-24/h3-5,7-8H,6,9-15H2,1-2H3. The summed E-state index contributed by atoms with van der Waals surface area (Å²) < 4.78 is 6.90. The fourth-order valence-electron chi connectivity index (χ4n) is 3.22. The third-order valence-electron chi connectivity index (χ3n) is 4.90. The zero-order valence-electron chi connectivity index (χ0n) is 16.5. The minimum atomic E-state index is 0.00301.